The van der Waals surface area contributed by atoms with Crippen LogP contribution in [0.5, 0.6) is 0 Å². The summed E-state index contributed by atoms with van der Waals surface area (Å²) in [4.78, 5) is 12.8. The molecule has 0 aliphatic rings. The Morgan fingerprint density at radius 3 is 2.14 bits per heavy atom. The zero-order valence-electron chi connectivity index (χ0n) is 12.8. The Bertz CT molecular complexity index is 513. The first-order chi connectivity index (χ1) is 9.70. The predicted molar refractivity (Wildman–Crippen MR) is 80.7 cm³/mol. The minimum Gasteiger partial charge on any atom is -0.465 e. The maximum atomic E-state index is 11.1. The van der Waals surface area contributed by atoms with E-state index in [4.69, 9.17) is 9.29 Å². The number of benzene rings is 1. The summed E-state index contributed by atoms with van der Waals surface area (Å²) in [5.74, 6) is -0.142. The van der Waals surface area contributed by atoms with E-state index in [-0.39, 0.29) is 16.9 Å². The van der Waals surface area contributed by atoms with Crippen molar-refractivity contribution < 1.29 is 22.5 Å². The number of carbonyl (C=O) groups is 1. The monoisotopic (exact) mass is 317 g/mol. The second-order valence-corrected chi connectivity index (χ2v) is 6.02. The van der Waals surface area contributed by atoms with Gasteiger partial charge in [-0.2, -0.15) is 8.42 Å². The molecule has 0 amide bonds. The van der Waals surface area contributed by atoms with E-state index >= 15 is 0 Å². The Labute approximate surface area is 126 Å². The summed E-state index contributed by atoms with van der Waals surface area (Å²) in [7, 11) is -0.285. The maximum absolute atomic E-state index is 11.1. The number of nitrogens with zero attached hydrogens (tertiary/aromatic N) is 1. The normalized spacial score (nSPS) is 12.3. The molecule has 0 bridgehead atoms. The second-order valence-electron chi connectivity index (χ2n) is 4.60. The quantitative estimate of drug-likeness (QED) is 0.659. The molecule has 0 fully saturated rings. The van der Waals surface area contributed by atoms with Crippen LogP contribution in [0.25, 0.3) is 0 Å². The number of rotatable bonds is 5. The van der Waals surface area contributed by atoms with Crippen LogP contribution in [-0.4, -0.2) is 50.6 Å². The highest BCUT2D eigenvalue weighted by molar-refractivity contribution is 7.85. The molecule has 21 heavy (non-hydrogen) atoms. The largest absolute Gasteiger partial charge is 0.465 e. The van der Waals surface area contributed by atoms with Gasteiger partial charge in [0, 0.05) is 0 Å². The van der Waals surface area contributed by atoms with Gasteiger partial charge in [-0.05, 0) is 39.6 Å². The van der Waals surface area contributed by atoms with Crippen molar-refractivity contribution >= 4 is 16.1 Å². The summed E-state index contributed by atoms with van der Waals surface area (Å²) in [6.07, 6.45) is 0.881. The van der Waals surface area contributed by atoms with Crippen molar-refractivity contribution in [3.63, 3.8) is 0 Å². The third-order valence-electron chi connectivity index (χ3n) is 2.61. The van der Waals surface area contributed by atoms with Gasteiger partial charge in [-0.25, -0.2) is 0 Å². The van der Waals surface area contributed by atoms with Crippen LogP contribution in [0.2, 0.25) is 0 Å². The van der Waals surface area contributed by atoms with Crippen LogP contribution in [0.3, 0.4) is 0 Å². The van der Waals surface area contributed by atoms with Gasteiger partial charge in [0.25, 0.3) is 10.1 Å². The van der Waals surface area contributed by atoms with Crippen molar-refractivity contribution in [1.82, 2.24) is 4.90 Å². The molecule has 1 aromatic rings. The standard InChI is InChI=1S/C8H17NO2.C6H6O3S/c1-5-6-11-8(10)7(2)9(3)4;7-10(8,9)6-4-2-1-3-5-6/h7H,5-6H2,1-4H3;1-5H,(H,7,8,9). The Balaban J connectivity index is 0.000000382. The summed E-state index contributed by atoms with van der Waals surface area (Å²) in [6.45, 7) is 4.34. The van der Waals surface area contributed by atoms with Crippen molar-refractivity contribution in [3.05, 3.63) is 30.3 Å². The van der Waals surface area contributed by atoms with Gasteiger partial charge < -0.3 is 4.74 Å². The molecule has 1 aromatic carbocycles. The molecular formula is C14H23NO5S. The Hall–Kier alpha value is -1.44. The molecule has 0 aliphatic heterocycles. The fraction of sp³-hybridized carbons (Fsp3) is 0.500. The van der Waals surface area contributed by atoms with Crippen molar-refractivity contribution in [2.75, 3.05) is 20.7 Å². The topological polar surface area (TPSA) is 83.9 Å². The van der Waals surface area contributed by atoms with E-state index in [2.05, 4.69) is 0 Å². The van der Waals surface area contributed by atoms with Crippen molar-refractivity contribution in [3.8, 4) is 0 Å². The van der Waals surface area contributed by atoms with Crippen LogP contribution < -0.4 is 0 Å². The van der Waals surface area contributed by atoms with Gasteiger partial charge >= 0.3 is 5.97 Å². The fourth-order valence-corrected chi connectivity index (χ4v) is 1.63. The number of ether oxygens (including phenoxy) is 1. The first-order valence-electron chi connectivity index (χ1n) is 6.55. The Morgan fingerprint density at radius 2 is 1.81 bits per heavy atom. The summed E-state index contributed by atoms with van der Waals surface area (Å²) in [5.41, 5.74) is 0. The molecule has 0 saturated carbocycles. The van der Waals surface area contributed by atoms with E-state index in [1.165, 1.54) is 12.1 Å². The molecule has 7 heteroatoms. The van der Waals surface area contributed by atoms with Crippen LogP contribution >= 0.6 is 0 Å². The summed E-state index contributed by atoms with van der Waals surface area (Å²) in [6, 6.07) is 7.28. The molecule has 120 valence electrons. The number of hydrogen-bond donors (Lipinski definition) is 1. The summed E-state index contributed by atoms with van der Waals surface area (Å²) >= 11 is 0. The van der Waals surface area contributed by atoms with Gasteiger partial charge in [-0.1, -0.05) is 25.1 Å². The van der Waals surface area contributed by atoms with E-state index in [1.54, 1.807) is 18.2 Å². The minimum atomic E-state index is -4.00. The van der Waals surface area contributed by atoms with Crippen molar-refractivity contribution in [2.45, 2.75) is 31.2 Å². The molecule has 1 atom stereocenters. The lowest BCUT2D eigenvalue weighted by molar-refractivity contribution is -0.148. The first-order valence-corrected chi connectivity index (χ1v) is 7.99. The SMILES string of the molecule is CCCOC(=O)C(C)N(C)C.O=S(=O)(O)c1ccccc1. The lowest BCUT2D eigenvalue weighted by Crippen LogP contribution is -2.34. The molecule has 1 rings (SSSR count). The van der Waals surface area contributed by atoms with Gasteiger partial charge in [0.2, 0.25) is 0 Å². The van der Waals surface area contributed by atoms with E-state index < -0.39 is 10.1 Å². The molecule has 0 aromatic heterocycles. The summed E-state index contributed by atoms with van der Waals surface area (Å²) < 4.78 is 34.2. The highest BCUT2D eigenvalue weighted by atomic mass is 32.2. The molecule has 0 spiro atoms. The zero-order chi connectivity index (χ0) is 16.5. The lowest BCUT2D eigenvalue weighted by atomic mass is 10.3. The summed E-state index contributed by atoms with van der Waals surface area (Å²) in [5, 5.41) is 0. The van der Waals surface area contributed by atoms with Crippen molar-refractivity contribution in [2.24, 2.45) is 0 Å². The average molecular weight is 317 g/mol. The molecule has 0 radical (unpaired) electrons. The number of carbonyl (C=O) groups excluding carboxylic acids is 1. The maximum Gasteiger partial charge on any atom is 0.323 e. The van der Waals surface area contributed by atoms with Crippen LogP contribution in [0.15, 0.2) is 35.2 Å². The highest BCUT2D eigenvalue weighted by Gasteiger charge is 2.15. The van der Waals surface area contributed by atoms with Gasteiger partial charge in [-0.15, -0.1) is 0 Å². The van der Waals surface area contributed by atoms with Crippen LogP contribution in [0.1, 0.15) is 20.3 Å². The third kappa shape index (κ3) is 8.44. The molecule has 1 unspecified atom stereocenters. The molecule has 6 nitrogen and oxygen atoms in total. The van der Waals surface area contributed by atoms with E-state index in [0.717, 1.165) is 6.42 Å². The predicted octanol–water partition coefficient (Wildman–Crippen LogP) is 1.82. The van der Waals surface area contributed by atoms with Gasteiger partial charge in [0.05, 0.1) is 11.5 Å². The molecule has 0 heterocycles. The smallest absolute Gasteiger partial charge is 0.323 e. The van der Waals surface area contributed by atoms with Crippen LogP contribution in [0, 0.1) is 0 Å². The fourth-order valence-electron chi connectivity index (χ4n) is 1.13. The zero-order valence-corrected chi connectivity index (χ0v) is 13.6. The van der Waals surface area contributed by atoms with Crippen LogP contribution in [-0.2, 0) is 19.6 Å². The molecule has 0 saturated heterocycles. The Kier molecular flexibility index (Phi) is 8.84. The van der Waals surface area contributed by atoms with Crippen LogP contribution in [0.4, 0.5) is 0 Å². The van der Waals surface area contributed by atoms with Gasteiger partial charge in [0.15, 0.2) is 0 Å². The number of hydrogen-bond acceptors (Lipinski definition) is 5. The van der Waals surface area contributed by atoms with Gasteiger partial charge in [-0.3, -0.25) is 14.2 Å². The van der Waals surface area contributed by atoms with E-state index in [1.807, 2.05) is 32.8 Å². The van der Waals surface area contributed by atoms with Gasteiger partial charge in [0.1, 0.15) is 6.04 Å². The number of likely N-dealkylation sites (N-methyl/N-ethyl adjacent to an activating group) is 1. The number of esters is 1. The second kappa shape index (κ2) is 9.49. The lowest BCUT2D eigenvalue weighted by Gasteiger charge is -2.17. The van der Waals surface area contributed by atoms with Crippen molar-refractivity contribution in [1.29, 1.82) is 0 Å². The Morgan fingerprint density at radius 1 is 1.29 bits per heavy atom. The molecule has 1 N–H and O–H groups in total. The average Bonchev–Trinajstić information content (AvgIpc) is 2.44. The van der Waals surface area contributed by atoms with E-state index in [0.29, 0.717) is 6.61 Å². The first kappa shape index (κ1) is 19.6. The third-order valence-corrected chi connectivity index (χ3v) is 3.47. The molecule has 0 aliphatic carbocycles. The minimum absolute atomic E-state index is 0.0741. The highest BCUT2D eigenvalue weighted by Crippen LogP contribution is 2.05. The van der Waals surface area contributed by atoms with E-state index in [9.17, 15) is 13.2 Å². The molecular weight excluding hydrogens is 294 g/mol.